The smallest absolute Gasteiger partial charge is 0.242 e. The molecule has 1 amide bonds. The molecule has 0 spiro atoms. The molecule has 0 fully saturated rings. The van der Waals surface area contributed by atoms with Crippen molar-refractivity contribution in [1.82, 2.24) is 0 Å². The van der Waals surface area contributed by atoms with E-state index >= 15 is 0 Å². The van der Waals surface area contributed by atoms with Gasteiger partial charge in [0, 0.05) is 3.57 Å². The molecule has 0 aliphatic heterocycles. The molecule has 0 unspecified atom stereocenters. The highest BCUT2D eigenvalue weighted by atomic mass is 127. The van der Waals surface area contributed by atoms with Gasteiger partial charge in [-0.3, -0.25) is 4.79 Å². The first-order valence-electron chi connectivity index (χ1n) is 3.80. The fraction of sp³-hybridized carbons (Fsp3) is 0.222. The maximum atomic E-state index is 11.2. The number of rotatable bonds is 2. The van der Waals surface area contributed by atoms with Gasteiger partial charge in [-0.2, -0.15) is 0 Å². The Morgan fingerprint density at radius 3 is 2.69 bits per heavy atom. The van der Waals surface area contributed by atoms with E-state index in [0.29, 0.717) is 0 Å². The molecule has 0 saturated heterocycles. The lowest BCUT2D eigenvalue weighted by Gasteiger charge is -2.07. The monoisotopic (exact) mass is 309 g/mol. The summed E-state index contributed by atoms with van der Waals surface area (Å²) in [7, 11) is 0. The van der Waals surface area contributed by atoms with Crippen LogP contribution in [-0.2, 0) is 4.79 Å². The number of anilines is 1. The van der Waals surface area contributed by atoms with Gasteiger partial charge in [0.2, 0.25) is 5.91 Å². The van der Waals surface area contributed by atoms with Gasteiger partial charge < -0.3 is 5.32 Å². The van der Waals surface area contributed by atoms with Gasteiger partial charge in [-0.25, -0.2) is 0 Å². The number of alkyl halides is 1. The first-order chi connectivity index (χ1) is 6.11. The Labute approximate surface area is 95.8 Å². The van der Waals surface area contributed by atoms with Crippen molar-refractivity contribution in [2.24, 2.45) is 0 Å². The van der Waals surface area contributed by atoms with Gasteiger partial charge in [0.1, 0.15) is 5.38 Å². The zero-order valence-electron chi connectivity index (χ0n) is 7.05. The van der Waals surface area contributed by atoms with Crippen molar-refractivity contribution in [2.45, 2.75) is 12.3 Å². The minimum Gasteiger partial charge on any atom is -0.324 e. The van der Waals surface area contributed by atoms with Crippen LogP contribution < -0.4 is 5.32 Å². The molecule has 1 N–H and O–H groups in total. The Bertz CT molecular complexity index is 314. The number of benzene rings is 1. The van der Waals surface area contributed by atoms with Gasteiger partial charge in [0.25, 0.3) is 0 Å². The lowest BCUT2D eigenvalue weighted by Crippen LogP contribution is -2.20. The maximum Gasteiger partial charge on any atom is 0.242 e. The van der Waals surface area contributed by atoms with Crippen LogP contribution in [0.2, 0.25) is 0 Å². The van der Waals surface area contributed by atoms with Crippen LogP contribution in [0.25, 0.3) is 0 Å². The van der Waals surface area contributed by atoms with Gasteiger partial charge in [0.15, 0.2) is 0 Å². The van der Waals surface area contributed by atoms with E-state index in [1.165, 1.54) is 0 Å². The molecule has 1 atom stereocenters. The average molecular weight is 310 g/mol. The number of hydrogen-bond acceptors (Lipinski definition) is 1. The lowest BCUT2D eigenvalue weighted by molar-refractivity contribution is -0.115. The maximum absolute atomic E-state index is 11.2. The third kappa shape index (κ3) is 3.15. The summed E-state index contributed by atoms with van der Waals surface area (Å²) in [5, 5.41) is 2.23. The summed E-state index contributed by atoms with van der Waals surface area (Å²) in [6, 6.07) is 7.56. The van der Waals surface area contributed by atoms with Crippen LogP contribution in [0.1, 0.15) is 6.92 Å². The highest BCUT2D eigenvalue weighted by Crippen LogP contribution is 2.17. The number of carbonyl (C=O) groups is 1. The summed E-state index contributed by atoms with van der Waals surface area (Å²) in [6.07, 6.45) is 0. The van der Waals surface area contributed by atoms with Crippen LogP contribution in [0.3, 0.4) is 0 Å². The molecule has 0 aliphatic rings. The van der Waals surface area contributed by atoms with E-state index < -0.39 is 5.38 Å². The van der Waals surface area contributed by atoms with E-state index in [0.717, 1.165) is 9.26 Å². The summed E-state index contributed by atoms with van der Waals surface area (Å²) >= 11 is 7.78. The molecule has 0 aliphatic carbocycles. The molecule has 1 aromatic rings. The SMILES string of the molecule is C[C@H](Cl)C(=O)Nc1ccccc1I. The number of halogens is 2. The number of hydrogen-bond donors (Lipinski definition) is 1. The number of para-hydroxylation sites is 1. The third-order valence-corrected chi connectivity index (χ3v) is 2.63. The minimum absolute atomic E-state index is 0.175. The van der Waals surface area contributed by atoms with E-state index in [4.69, 9.17) is 11.6 Å². The van der Waals surface area contributed by atoms with Crippen LogP contribution >= 0.6 is 34.2 Å². The van der Waals surface area contributed by atoms with Crippen molar-refractivity contribution >= 4 is 45.8 Å². The number of carbonyl (C=O) groups excluding carboxylic acids is 1. The summed E-state index contributed by atoms with van der Waals surface area (Å²) in [6.45, 7) is 1.65. The largest absolute Gasteiger partial charge is 0.324 e. The van der Waals surface area contributed by atoms with Crippen molar-refractivity contribution < 1.29 is 4.79 Å². The Balaban J connectivity index is 2.75. The van der Waals surface area contributed by atoms with E-state index in [1.807, 2.05) is 24.3 Å². The molecular formula is C9H9ClINO. The predicted octanol–water partition coefficient (Wildman–Crippen LogP) is 2.86. The van der Waals surface area contributed by atoms with Gasteiger partial charge in [-0.05, 0) is 41.6 Å². The summed E-state index contributed by atoms with van der Waals surface area (Å²) in [5.74, 6) is -0.175. The van der Waals surface area contributed by atoms with Crippen molar-refractivity contribution in [2.75, 3.05) is 5.32 Å². The standard InChI is InChI=1S/C9H9ClINO/c1-6(10)9(13)12-8-5-3-2-4-7(8)11/h2-6H,1H3,(H,12,13)/t6-/m0/s1. The Kier molecular flexibility index (Phi) is 3.99. The molecule has 0 saturated carbocycles. The van der Waals surface area contributed by atoms with E-state index in [2.05, 4.69) is 27.9 Å². The lowest BCUT2D eigenvalue weighted by atomic mass is 10.3. The molecule has 70 valence electrons. The van der Waals surface area contributed by atoms with Crippen molar-refractivity contribution in [3.8, 4) is 0 Å². The molecule has 0 radical (unpaired) electrons. The molecule has 13 heavy (non-hydrogen) atoms. The van der Waals surface area contributed by atoms with E-state index in [-0.39, 0.29) is 5.91 Å². The second kappa shape index (κ2) is 4.81. The third-order valence-electron chi connectivity index (χ3n) is 1.49. The van der Waals surface area contributed by atoms with Crippen molar-refractivity contribution in [1.29, 1.82) is 0 Å². The Morgan fingerprint density at radius 1 is 1.54 bits per heavy atom. The zero-order valence-corrected chi connectivity index (χ0v) is 9.96. The topological polar surface area (TPSA) is 29.1 Å². The van der Waals surface area contributed by atoms with E-state index in [1.54, 1.807) is 6.92 Å². The molecular weight excluding hydrogens is 300 g/mol. The summed E-state index contributed by atoms with van der Waals surface area (Å²) < 4.78 is 1.01. The molecule has 1 aromatic carbocycles. The molecule has 0 heterocycles. The van der Waals surface area contributed by atoms with Crippen LogP contribution in [0.4, 0.5) is 5.69 Å². The van der Waals surface area contributed by atoms with Gasteiger partial charge in [-0.1, -0.05) is 12.1 Å². The summed E-state index contributed by atoms with van der Waals surface area (Å²) in [4.78, 5) is 11.2. The summed E-state index contributed by atoms with van der Waals surface area (Å²) in [5.41, 5.74) is 0.806. The highest BCUT2D eigenvalue weighted by Gasteiger charge is 2.09. The van der Waals surface area contributed by atoms with Crippen molar-refractivity contribution in [3.05, 3.63) is 27.8 Å². The van der Waals surface area contributed by atoms with E-state index in [9.17, 15) is 4.79 Å². The van der Waals surface area contributed by atoms with Gasteiger partial charge in [-0.15, -0.1) is 11.6 Å². The number of nitrogens with one attached hydrogen (secondary N) is 1. The molecule has 0 bridgehead atoms. The normalized spacial score (nSPS) is 12.2. The Hall–Kier alpha value is -0.290. The van der Waals surface area contributed by atoms with Crippen LogP contribution in [-0.4, -0.2) is 11.3 Å². The first kappa shape index (κ1) is 10.8. The first-order valence-corrected chi connectivity index (χ1v) is 5.32. The molecule has 2 nitrogen and oxygen atoms in total. The van der Waals surface area contributed by atoms with Crippen LogP contribution in [0, 0.1) is 3.57 Å². The minimum atomic E-state index is -0.504. The van der Waals surface area contributed by atoms with Crippen LogP contribution in [0.5, 0.6) is 0 Å². The number of amides is 1. The highest BCUT2D eigenvalue weighted by molar-refractivity contribution is 14.1. The fourth-order valence-corrected chi connectivity index (χ4v) is 1.37. The average Bonchev–Trinajstić information content (AvgIpc) is 2.08. The second-order valence-corrected chi connectivity index (χ2v) is 4.40. The Morgan fingerprint density at radius 2 is 2.15 bits per heavy atom. The molecule has 0 aromatic heterocycles. The van der Waals surface area contributed by atoms with Gasteiger partial charge in [0.05, 0.1) is 5.69 Å². The second-order valence-electron chi connectivity index (χ2n) is 2.59. The fourth-order valence-electron chi connectivity index (χ4n) is 0.795. The van der Waals surface area contributed by atoms with Crippen molar-refractivity contribution in [3.63, 3.8) is 0 Å². The predicted molar refractivity (Wildman–Crippen MR) is 63.1 cm³/mol. The molecule has 1 rings (SSSR count). The molecule has 4 heteroatoms. The quantitative estimate of drug-likeness (QED) is 0.660. The van der Waals surface area contributed by atoms with Gasteiger partial charge >= 0.3 is 0 Å². The van der Waals surface area contributed by atoms with Crippen LogP contribution in [0.15, 0.2) is 24.3 Å². The zero-order chi connectivity index (χ0) is 9.84.